The van der Waals surface area contributed by atoms with Crippen LogP contribution in [0.3, 0.4) is 0 Å². The molecule has 1 amide bonds. The summed E-state index contributed by atoms with van der Waals surface area (Å²) in [5.74, 6) is 0.198. The number of carbonyl (C=O) groups excluding carboxylic acids is 1. The summed E-state index contributed by atoms with van der Waals surface area (Å²) in [5.41, 5.74) is 1.94. The highest BCUT2D eigenvalue weighted by molar-refractivity contribution is 14.1. The molecule has 0 radical (unpaired) electrons. The first kappa shape index (κ1) is 10.9. The van der Waals surface area contributed by atoms with E-state index in [-0.39, 0.29) is 5.91 Å². The predicted molar refractivity (Wildman–Crippen MR) is 69.0 cm³/mol. The molecule has 1 fully saturated rings. The summed E-state index contributed by atoms with van der Waals surface area (Å²) in [4.78, 5) is 14.1. The number of halogens is 1. The predicted octanol–water partition coefficient (Wildman–Crippen LogP) is 2.84. The van der Waals surface area contributed by atoms with Gasteiger partial charge in [0.05, 0.1) is 0 Å². The Hall–Kier alpha value is -0.580. The summed E-state index contributed by atoms with van der Waals surface area (Å²) < 4.78 is 1.13. The normalized spacial score (nSPS) is 15.7. The van der Waals surface area contributed by atoms with Gasteiger partial charge in [0.15, 0.2) is 0 Å². The summed E-state index contributed by atoms with van der Waals surface area (Å²) in [6, 6.07) is 6.04. The highest BCUT2D eigenvalue weighted by Crippen LogP contribution is 2.18. The third kappa shape index (κ3) is 2.33. The molecule has 0 bridgehead atoms. The molecule has 1 aromatic carbocycles. The molecule has 80 valence electrons. The van der Waals surface area contributed by atoms with Gasteiger partial charge in [-0.05, 0) is 60.1 Å². The molecule has 1 aliphatic rings. The van der Waals surface area contributed by atoms with E-state index >= 15 is 0 Å². The first-order valence-corrected chi connectivity index (χ1v) is 6.32. The molecular formula is C12H14INO. The van der Waals surface area contributed by atoms with Gasteiger partial charge in [0.1, 0.15) is 0 Å². The molecule has 15 heavy (non-hydrogen) atoms. The summed E-state index contributed by atoms with van der Waals surface area (Å²) in [6.07, 6.45) is 2.30. The van der Waals surface area contributed by atoms with Crippen LogP contribution in [-0.4, -0.2) is 23.9 Å². The van der Waals surface area contributed by atoms with Gasteiger partial charge in [-0.15, -0.1) is 0 Å². The molecule has 3 heteroatoms. The van der Waals surface area contributed by atoms with Crippen molar-refractivity contribution in [1.82, 2.24) is 4.90 Å². The Morgan fingerprint density at radius 3 is 2.67 bits per heavy atom. The van der Waals surface area contributed by atoms with Crippen molar-refractivity contribution in [1.29, 1.82) is 0 Å². The van der Waals surface area contributed by atoms with Crippen LogP contribution in [0.5, 0.6) is 0 Å². The lowest BCUT2D eigenvalue weighted by Crippen LogP contribution is -2.28. The van der Waals surface area contributed by atoms with Gasteiger partial charge in [-0.25, -0.2) is 0 Å². The van der Waals surface area contributed by atoms with Crippen LogP contribution in [-0.2, 0) is 0 Å². The fraction of sp³-hybridized carbons (Fsp3) is 0.417. The van der Waals surface area contributed by atoms with E-state index in [1.807, 2.05) is 30.0 Å². The van der Waals surface area contributed by atoms with Crippen molar-refractivity contribution in [3.05, 3.63) is 32.9 Å². The maximum atomic E-state index is 12.1. The second-order valence-electron chi connectivity index (χ2n) is 3.96. The Labute approximate surface area is 104 Å². The molecule has 0 unspecified atom stereocenters. The number of likely N-dealkylation sites (tertiary alicyclic amines) is 1. The summed E-state index contributed by atoms with van der Waals surface area (Å²) in [7, 11) is 0. The second kappa shape index (κ2) is 4.51. The van der Waals surface area contributed by atoms with Crippen molar-refractivity contribution >= 4 is 28.5 Å². The zero-order valence-corrected chi connectivity index (χ0v) is 11.0. The van der Waals surface area contributed by atoms with Crippen LogP contribution in [0.25, 0.3) is 0 Å². The molecule has 1 aliphatic heterocycles. The van der Waals surface area contributed by atoms with Gasteiger partial charge in [0.2, 0.25) is 0 Å². The third-order valence-electron chi connectivity index (χ3n) is 2.82. The molecule has 0 saturated carbocycles. The van der Waals surface area contributed by atoms with E-state index in [4.69, 9.17) is 0 Å². The monoisotopic (exact) mass is 315 g/mol. The Bertz CT molecular complexity index is 383. The molecule has 1 heterocycles. The molecule has 1 saturated heterocycles. The van der Waals surface area contributed by atoms with Crippen LogP contribution in [0, 0.1) is 10.5 Å². The number of carbonyl (C=O) groups is 1. The van der Waals surface area contributed by atoms with Crippen LogP contribution in [0.1, 0.15) is 28.8 Å². The Morgan fingerprint density at radius 2 is 2.00 bits per heavy atom. The van der Waals surface area contributed by atoms with Crippen molar-refractivity contribution in [3.8, 4) is 0 Å². The van der Waals surface area contributed by atoms with Crippen LogP contribution < -0.4 is 0 Å². The van der Waals surface area contributed by atoms with Crippen LogP contribution in [0.15, 0.2) is 18.2 Å². The maximum absolute atomic E-state index is 12.1. The molecule has 1 aromatic rings. The average molecular weight is 315 g/mol. The molecule has 0 N–H and O–H groups in total. The number of rotatable bonds is 1. The molecule has 0 atom stereocenters. The van der Waals surface area contributed by atoms with Gasteiger partial charge in [0, 0.05) is 22.2 Å². The molecule has 0 aromatic heterocycles. The van der Waals surface area contributed by atoms with E-state index < -0.39 is 0 Å². The SMILES string of the molecule is Cc1ccc(I)cc1C(=O)N1CCCC1. The number of hydrogen-bond donors (Lipinski definition) is 0. The van der Waals surface area contributed by atoms with Gasteiger partial charge in [-0.2, -0.15) is 0 Å². The minimum Gasteiger partial charge on any atom is -0.339 e. The number of hydrogen-bond acceptors (Lipinski definition) is 1. The molecular weight excluding hydrogens is 301 g/mol. The first-order chi connectivity index (χ1) is 7.18. The quantitative estimate of drug-likeness (QED) is 0.730. The molecule has 2 rings (SSSR count). The van der Waals surface area contributed by atoms with Crippen LogP contribution in [0.4, 0.5) is 0 Å². The first-order valence-electron chi connectivity index (χ1n) is 5.24. The van der Waals surface area contributed by atoms with Crippen molar-refractivity contribution in [2.75, 3.05) is 13.1 Å². The number of nitrogens with zero attached hydrogens (tertiary/aromatic N) is 1. The zero-order chi connectivity index (χ0) is 10.8. The molecule has 0 spiro atoms. The smallest absolute Gasteiger partial charge is 0.254 e. The van der Waals surface area contributed by atoms with Gasteiger partial charge in [0.25, 0.3) is 5.91 Å². The fourth-order valence-electron chi connectivity index (χ4n) is 1.92. The summed E-state index contributed by atoms with van der Waals surface area (Å²) >= 11 is 2.25. The Balaban J connectivity index is 2.27. The highest BCUT2D eigenvalue weighted by Gasteiger charge is 2.20. The summed E-state index contributed by atoms with van der Waals surface area (Å²) in [6.45, 7) is 3.84. The standard InChI is InChI=1S/C12H14INO/c1-9-4-5-10(13)8-11(9)12(15)14-6-2-3-7-14/h4-5,8H,2-3,6-7H2,1H3. The minimum absolute atomic E-state index is 0.198. The molecule has 2 nitrogen and oxygen atoms in total. The van der Waals surface area contributed by atoms with Crippen molar-refractivity contribution in [2.24, 2.45) is 0 Å². The number of aryl methyl sites for hydroxylation is 1. The van der Waals surface area contributed by atoms with E-state index in [2.05, 4.69) is 22.6 Å². The van der Waals surface area contributed by atoms with Crippen LogP contribution in [0.2, 0.25) is 0 Å². The van der Waals surface area contributed by atoms with Crippen molar-refractivity contribution in [3.63, 3.8) is 0 Å². The van der Waals surface area contributed by atoms with Gasteiger partial charge in [-0.3, -0.25) is 4.79 Å². The number of benzene rings is 1. The van der Waals surface area contributed by atoms with Gasteiger partial charge < -0.3 is 4.90 Å². The molecule has 0 aliphatic carbocycles. The maximum Gasteiger partial charge on any atom is 0.254 e. The Kier molecular flexibility index (Phi) is 3.29. The van der Waals surface area contributed by atoms with Crippen molar-refractivity contribution < 1.29 is 4.79 Å². The van der Waals surface area contributed by atoms with E-state index in [9.17, 15) is 4.79 Å². The lowest BCUT2D eigenvalue weighted by Gasteiger charge is -2.16. The van der Waals surface area contributed by atoms with Crippen molar-refractivity contribution in [2.45, 2.75) is 19.8 Å². The lowest BCUT2D eigenvalue weighted by atomic mass is 10.1. The lowest BCUT2D eigenvalue weighted by molar-refractivity contribution is 0.0792. The van der Waals surface area contributed by atoms with E-state index in [0.29, 0.717) is 0 Å². The topological polar surface area (TPSA) is 20.3 Å². The highest BCUT2D eigenvalue weighted by atomic mass is 127. The Morgan fingerprint density at radius 1 is 1.33 bits per heavy atom. The van der Waals surface area contributed by atoms with Gasteiger partial charge >= 0.3 is 0 Å². The van der Waals surface area contributed by atoms with E-state index in [0.717, 1.165) is 40.6 Å². The second-order valence-corrected chi connectivity index (χ2v) is 5.20. The van der Waals surface area contributed by atoms with E-state index in [1.165, 1.54) is 0 Å². The largest absolute Gasteiger partial charge is 0.339 e. The third-order valence-corrected chi connectivity index (χ3v) is 3.49. The van der Waals surface area contributed by atoms with Crippen LogP contribution >= 0.6 is 22.6 Å². The average Bonchev–Trinajstić information content (AvgIpc) is 2.74. The fourth-order valence-corrected chi connectivity index (χ4v) is 2.41. The summed E-state index contributed by atoms with van der Waals surface area (Å²) in [5, 5.41) is 0. The van der Waals surface area contributed by atoms with Gasteiger partial charge in [-0.1, -0.05) is 6.07 Å². The van der Waals surface area contributed by atoms with E-state index in [1.54, 1.807) is 0 Å². The number of amides is 1. The minimum atomic E-state index is 0.198. The zero-order valence-electron chi connectivity index (χ0n) is 8.79.